The van der Waals surface area contributed by atoms with Crippen LogP contribution in [0.2, 0.25) is 0 Å². The maximum atomic E-state index is 6.73. The third-order valence-electron chi connectivity index (χ3n) is 6.77. The second kappa shape index (κ2) is 8.69. The Morgan fingerprint density at radius 3 is 2.48 bits per heavy atom. The van der Waals surface area contributed by atoms with Gasteiger partial charge in [0.15, 0.2) is 0 Å². The summed E-state index contributed by atoms with van der Waals surface area (Å²) in [6, 6.07) is 19.3. The fourth-order valence-electron chi connectivity index (χ4n) is 4.82. The largest absolute Gasteiger partial charge is 0.487 e. The molecule has 3 heteroatoms. The fourth-order valence-corrected chi connectivity index (χ4v) is 4.82. The molecule has 2 heterocycles. The molecule has 0 N–H and O–H groups in total. The van der Waals surface area contributed by atoms with Crippen LogP contribution in [0.25, 0.3) is 0 Å². The maximum Gasteiger partial charge on any atom is 0.126 e. The lowest BCUT2D eigenvalue weighted by atomic mass is 9.73. The van der Waals surface area contributed by atoms with Crippen LogP contribution >= 0.6 is 0 Å². The highest BCUT2D eigenvalue weighted by Crippen LogP contribution is 2.52. The van der Waals surface area contributed by atoms with E-state index in [-0.39, 0.29) is 11.7 Å². The van der Waals surface area contributed by atoms with E-state index in [1.165, 1.54) is 5.56 Å². The van der Waals surface area contributed by atoms with Crippen LogP contribution in [0.5, 0.6) is 5.75 Å². The normalized spacial score (nSPS) is 26.4. The summed E-state index contributed by atoms with van der Waals surface area (Å²) in [6.45, 7) is 12.6. The van der Waals surface area contributed by atoms with E-state index in [4.69, 9.17) is 9.47 Å². The van der Waals surface area contributed by atoms with Crippen molar-refractivity contribution in [1.82, 2.24) is 4.90 Å². The van der Waals surface area contributed by atoms with E-state index in [1.807, 2.05) is 6.07 Å². The van der Waals surface area contributed by atoms with Gasteiger partial charge in [-0.2, -0.15) is 0 Å². The Morgan fingerprint density at radius 1 is 1.03 bits per heavy atom. The molecule has 2 aliphatic heterocycles. The van der Waals surface area contributed by atoms with Crippen LogP contribution in [0, 0.1) is 17.8 Å². The Morgan fingerprint density at radius 2 is 1.74 bits per heavy atom. The van der Waals surface area contributed by atoms with Gasteiger partial charge in [-0.25, -0.2) is 0 Å². The van der Waals surface area contributed by atoms with E-state index in [0.717, 1.165) is 37.2 Å². The lowest BCUT2D eigenvalue weighted by Gasteiger charge is -2.50. The van der Waals surface area contributed by atoms with Crippen molar-refractivity contribution in [3.8, 4) is 17.6 Å². The van der Waals surface area contributed by atoms with Crippen LogP contribution in [0.1, 0.15) is 64.7 Å². The fraction of sp³-hybridized carbons (Fsp3) is 0.500. The summed E-state index contributed by atoms with van der Waals surface area (Å²) in [5, 5.41) is 0. The van der Waals surface area contributed by atoms with Crippen LogP contribution in [-0.2, 0) is 11.3 Å². The number of ether oxygens (including phenoxy) is 2. The molecule has 1 saturated heterocycles. The van der Waals surface area contributed by atoms with Crippen molar-refractivity contribution in [3.05, 3.63) is 65.7 Å². The third-order valence-corrected chi connectivity index (χ3v) is 6.77. The van der Waals surface area contributed by atoms with Gasteiger partial charge in [-0.15, -0.1) is 0 Å². The quantitative estimate of drug-likeness (QED) is 0.570. The van der Waals surface area contributed by atoms with E-state index in [2.05, 4.69) is 99.9 Å². The standard InChI is InChI=1S/C28H35NO2/c1-21(2)29(20-22-12-7-6-8-13-22)19-11-17-28(5)18-16-24-26(31-28)23-14-9-10-15-25(23)30-27(24,3)4/h6-10,12-15,21,24,26H,16,18-20H2,1-5H3/t24-,26+,28-/m1/s1. The minimum Gasteiger partial charge on any atom is -0.487 e. The first kappa shape index (κ1) is 21.9. The molecule has 4 rings (SSSR count). The molecule has 0 bridgehead atoms. The van der Waals surface area contributed by atoms with Crippen molar-refractivity contribution in [2.75, 3.05) is 6.54 Å². The maximum absolute atomic E-state index is 6.73. The summed E-state index contributed by atoms with van der Waals surface area (Å²) in [6.07, 6.45) is 2.00. The van der Waals surface area contributed by atoms with Gasteiger partial charge in [0.1, 0.15) is 17.0 Å². The number of benzene rings is 2. The molecule has 2 aliphatic rings. The van der Waals surface area contributed by atoms with Gasteiger partial charge >= 0.3 is 0 Å². The zero-order valence-corrected chi connectivity index (χ0v) is 19.5. The molecule has 0 spiro atoms. The number of nitrogens with zero attached hydrogens (tertiary/aromatic N) is 1. The van der Waals surface area contributed by atoms with E-state index in [9.17, 15) is 0 Å². The van der Waals surface area contributed by atoms with E-state index >= 15 is 0 Å². The summed E-state index contributed by atoms with van der Waals surface area (Å²) in [7, 11) is 0. The summed E-state index contributed by atoms with van der Waals surface area (Å²) in [5.41, 5.74) is 1.81. The zero-order chi connectivity index (χ0) is 22.1. The minimum absolute atomic E-state index is 0.0264. The Hall–Kier alpha value is -2.28. The van der Waals surface area contributed by atoms with Gasteiger partial charge in [-0.1, -0.05) is 60.4 Å². The first-order valence-electron chi connectivity index (χ1n) is 11.5. The molecule has 1 fully saturated rings. The summed E-state index contributed by atoms with van der Waals surface area (Å²) >= 11 is 0. The number of hydrogen-bond donors (Lipinski definition) is 0. The second-order valence-corrected chi connectivity index (χ2v) is 9.94. The molecule has 31 heavy (non-hydrogen) atoms. The molecule has 164 valence electrons. The SMILES string of the molecule is CC(C)N(CC#C[C@]1(C)CC[C@@H]2[C@@H](O1)c1ccccc1OC2(C)C)Cc1ccccc1. The molecular weight excluding hydrogens is 382 g/mol. The molecular formula is C28H35NO2. The Kier molecular flexibility index (Phi) is 6.15. The van der Waals surface area contributed by atoms with Crippen LogP contribution in [0.15, 0.2) is 54.6 Å². The van der Waals surface area contributed by atoms with Gasteiger partial charge in [-0.05, 0) is 59.1 Å². The van der Waals surface area contributed by atoms with Crippen molar-refractivity contribution in [1.29, 1.82) is 0 Å². The van der Waals surface area contributed by atoms with Gasteiger partial charge in [0.05, 0.1) is 12.6 Å². The van der Waals surface area contributed by atoms with Gasteiger partial charge in [0.25, 0.3) is 0 Å². The summed E-state index contributed by atoms with van der Waals surface area (Å²) < 4.78 is 13.1. The lowest BCUT2D eigenvalue weighted by molar-refractivity contribution is -0.169. The molecule has 0 radical (unpaired) electrons. The van der Waals surface area contributed by atoms with E-state index < -0.39 is 5.60 Å². The first-order chi connectivity index (χ1) is 14.8. The smallest absolute Gasteiger partial charge is 0.126 e. The Balaban J connectivity index is 1.50. The lowest BCUT2D eigenvalue weighted by Crippen LogP contribution is -2.50. The second-order valence-electron chi connectivity index (χ2n) is 9.94. The molecule has 2 aromatic rings. The predicted octanol–water partition coefficient (Wildman–Crippen LogP) is 6.00. The third kappa shape index (κ3) is 4.81. The topological polar surface area (TPSA) is 21.7 Å². The Bertz CT molecular complexity index is 956. The molecule has 0 aromatic heterocycles. The zero-order valence-electron chi connectivity index (χ0n) is 19.5. The molecule has 0 saturated carbocycles. The van der Waals surface area contributed by atoms with Crippen LogP contribution in [0.3, 0.4) is 0 Å². The molecule has 3 atom stereocenters. The summed E-state index contributed by atoms with van der Waals surface area (Å²) in [4.78, 5) is 2.41. The van der Waals surface area contributed by atoms with Crippen molar-refractivity contribution >= 4 is 0 Å². The average molecular weight is 418 g/mol. The Labute approximate surface area is 187 Å². The molecule has 2 aromatic carbocycles. The first-order valence-corrected chi connectivity index (χ1v) is 11.5. The van der Waals surface area contributed by atoms with Crippen molar-refractivity contribution in [2.45, 2.75) is 77.4 Å². The highest BCUT2D eigenvalue weighted by Gasteiger charge is 2.49. The number of hydrogen-bond acceptors (Lipinski definition) is 3. The van der Waals surface area contributed by atoms with Crippen LogP contribution in [-0.4, -0.2) is 28.7 Å². The predicted molar refractivity (Wildman–Crippen MR) is 126 cm³/mol. The molecule has 3 nitrogen and oxygen atoms in total. The van der Waals surface area contributed by atoms with Crippen molar-refractivity contribution < 1.29 is 9.47 Å². The molecule has 0 unspecified atom stereocenters. The summed E-state index contributed by atoms with van der Waals surface area (Å²) in [5.74, 6) is 8.24. The van der Waals surface area contributed by atoms with E-state index in [1.54, 1.807) is 0 Å². The van der Waals surface area contributed by atoms with Crippen molar-refractivity contribution in [2.24, 2.45) is 5.92 Å². The number of para-hydroxylation sites is 1. The van der Waals surface area contributed by atoms with Crippen LogP contribution in [0.4, 0.5) is 0 Å². The highest BCUT2D eigenvalue weighted by molar-refractivity contribution is 5.39. The van der Waals surface area contributed by atoms with Gasteiger partial charge in [-0.3, -0.25) is 4.90 Å². The van der Waals surface area contributed by atoms with Gasteiger partial charge in [0.2, 0.25) is 0 Å². The van der Waals surface area contributed by atoms with Gasteiger partial charge in [0, 0.05) is 24.1 Å². The number of fused-ring (bicyclic) bond motifs is 3. The minimum atomic E-state index is -0.433. The van der Waals surface area contributed by atoms with Gasteiger partial charge < -0.3 is 9.47 Å². The monoisotopic (exact) mass is 417 g/mol. The van der Waals surface area contributed by atoms with E-state index in [0.29, 0.717) is 12.0 Å². The van der Waals surface area contributed by atoms with Crippen molar-refractivity contribution in [3.63, 3.8) is 0 Å². The number of rotatable bonds is 4. The highest BCUT2D eigenvalue weighted by atomic mass is 16.5. The molecule has 0 amide bonds. The van der Waals surface area contributed by atoms with Crippen LogP contribution < -0.4 is 4.74 Å². The average Bonchev–Trinajstić information content (AvgIpc) is 2.73. The molecule has 0 aliphatic carbocycles.